The van der Waals surface area contributed by atoms with Crippen LogP contribution in [0.1, 0.15) is 32.6 Å². The van der Waals surface area contributed by atoms with Gasteiger partial charge in [-0.3, -0.25) is 13.5 Å². The predicted molar refractivity (Wildman–Crippen MR) is 116 cm³/mol. The van der Waals surface area contributed by atoms with Crippen LogP contribution in [0, 0.1) is 0 Å². The molecular formula is C21H32N4O2S. The van der Waals surface area contributed by atoms with Crippen molar-refractivity contribution in [2.45, 2.75) is 39.2 Å². The second-order valence-electron chi connectivity index (χ2n) is 7.49. The molecule has 1 amide bonds. The Morgan fingerprint density at radius 2 is 1.75 bits per heavy atom. The molecule has 6 nitrogen and oxygen atoms in total. The van der Waals surface area contributed by atoms with Crippen molar-refractivity contribution in [1.82, 2.24) is 19.1 Å². The molecule has 154 valence electrons. The Bertz CT molecular complexity index is 808. The van der Waals surface area contributed by atoms with Gasteiger partial charge in [-0.25, -0.2) is 0 Å². The molecule has 1 N–H and O–H groups in total. The van der Waals surface area contributed by atoms with E-state index in [2.05, 4.69) is 22.0 Å². The van der Waals surface area contributed by atoms with Gasteiger partial charge in [0.2, 0.25) is 5.91 Å². The molecule has 2 aromatic rings. The summed E-state index contributed by atoms with van der Waals surface area (Å²) in [4.78, 5) is 29.3. The third-order valence-corrected chi connectivity index (χ3v) is 6.42. The van der Waals surface area contributed by atoms with Crippen LogP contribution < -0.4 is 10.9 Å². The van der Waals surface area contributed by atoms with Crippen LogP contribution in [0.3, 0.4) is 0 Å². The summed E-state index contributed by atoms with van der Waals surface area (Å²) in [6.07, 6.45) is 3.38. The second-order valence-corrected chi connectivity index (χ2v) is 8.55. The zero-order valence-corrected chi connectivity index (χ0v) is 17.7. The number of carbonyl (C=O) groups excluding carboxylic acids is 1. The molecule has 1 saturated heterocycles. The van der Waals surface area contributed by atoms with E-state index >= 15 is 0 Å². The minimum absolute atomic E-state index is 0.0556. The first kappa shape index (κ1) is 21.0. The largest absolute Gasteiger partial charge is 0.356 e. The monoisotopic (exact) mass is 404 g/mol. The smallest absolute Gasteiger partial charge is 0.268 e. The van der Waals surface area contributed by atoms with Crippen molar-refractivity contribution in [3.63, 3.8) is 0 Å². The molecule has 0 aliphatic carbocycles. The van der Waals surface area contributed by atoms with Gasteiger partial charge in [-0.1, -0.05) is 30.6 Å². The lowest BCUT2D eigenvalue weighted by Crippen LogP contribution is -2.47. The average molecular weight is 405 g/mol. The Morgan fingerprint density at radius 3 is 2.46 bits per heavy atom. The van der Waals surface area contributed by atoms with Crippen molar-refractivity contribution in [3.8, 4) is 0 Å². The van der Waals surface area contributed by atoms with E-state index in [1.54, 1.807) is 3.96 Å². The van der Waals surface area contributed by atoms with Gasteiger partial charge in [0.15, 0.2) is 0 Å². The van der Waals surface area contributed by atoms with Crippen molar-refractivity contribution in [2.24, 2.45) is 0 Å². The number of carbonyl (C=O) groups is 1. The summed E-state index contributed by atoms with van der Waals surface area (Å²) in [6, 6.07) is 7.66. The maximum atomic E-state index is 12.3. The van der Waals surface area contributed by atoms with Gasteiger partial charge in [-0.15, -0.1) is 0 Å². The number of rotatable bonds is 10. The standard InChI is InChI=1S/C21H32N4O2S/c1-2-11-23-14-16-24(17-15-23)12-6-10-22-20(26)9-5-13-25-21(27)18-7-3-4-8-19(18)28-25/h3-4,7-8H,2,5-6,9-17H2,1H3,(H,22,26). The SMILES string of the molecule is CCCN1CCN(CCCNC(=O)CCCn2sc3ccccc3c2=O)CC1. The van der Waals surface area contributed by atoms with Gasteiger partial charge >= 0.3 is 0 Å². The minimum atomic E-state index is 0.0556. The Balaban J connectivity index is 1.28. The molecule has 1 aliphatic heterocycles. The first-order valence-corrected chi connectivity index (χ1v) is 11.2. The van der Waals surface area contributed by atoms with Crippen molar-refractivity contribution in [3.05, 3.63) is 34.6 Å². The topological polar surface area (TPSA) is 57.6 Å². The number of benzene rings is 1. The average Bonchev–Trinajstić information content (AvgIpc) is 3.03. The summed E-state index contributed by atoms with van der Waals surface area (Å²) in [5.41, 5.74) is 0.0556. The lowest BCUT2D eigenvalue weighted by atomic mass is 10.2. The predicted octanol–water partition coefficient (Wildman–Crippen LogP) is 2.38. The number of amides is 1. The first-order chi connectivity index (χ1) is 13.7. The maximum Gasteiger partial charge on any atom is 0.268 e. The number of fused-ring (bicyclic) bond motifs is 1. The molecule has 0 spiro atoms. The van der Waals surface area contributed by atoms with E-state index in [9.17, 15) is 9.59 Å². The molecule has 3 rings (SSSR count). The Hall–Kier alpha value is -1.70. The molecule has 1 aromatic heterocycles. The fourth-order valence-corrected chi connectivity index (χ4v) is 4.75. The van der Waals surface area contributed by atoms with Gasteiger partial charge in [-0.05, 0) is 44.5 Å². The maximum absolute atomic E-state index is 12.3. The number of piperazine rings is 1. The van der Waals surface area contributed by atoms with E-state index in [1.165, 1.54) is 24.5 Å². The Kier molecular flexibility index (Phi) is 8.06. The lowest BCUT2D eigenvalue weighted by Gasteiger charge is -2.34. The van der Waals surface area contributed by atoms with Crippen LogP contribution in [0.5, 0.6) is 0 Å². The molecule has 0 unspecified atom stereocenters. The van der Waals surface area contributed by atoms with Crippen LogP contribution in [0.25, 0.3) is 10.1 Å². The second kappa shape index (κ2) is 10.7. The summed E-state index contributed by atoms with van der Waals surface area (Å²) in [5.74, 6) is 0.0851. The van der Waals surface area contributed by atoms with Crippen LogP contribution in [-0.4, -0.2) is 65.5 Å². The highest BCUT2D eigenvalue weighted by atomic mass is 32.1. The summed E-state index contributed by atoms with van der Waals surface area (Å²) in [7, 11) is 0. The van der Waals surface area contributed by atoms with Gasteiger partial charge < -0.3 is 15.1 Å². The molecular weight excluding hydrogens is 372 g/mol. The molecule has 2 heterocycles. The number of aromatic nitrogens is 1. The highest BCUT2D eigenvalue weighted by molar-refractivity contribution is 7.13. The van der Waals surface area contributed by atoms with Gasteiger partial charge in [0.1, 0.15) is 0 Å². The van der Waals surface area contributed by atoms with Crippen LogP contribution >= 0.6 is 11.5 Å². The van der Waals surface area contributed by atoms with Crippen LogP contribution in [0.2, 0.25) is 0 Å². The fourth-order valence-electron chi connectivity index (χ4n) is 3.72. The van der Waals surface area contributed by atoms with Crippen LogP contribution in [0.4, 0.5) is 0 Å². The summed E-state index contributed by atoms with van der Waals surface area (Å²) >= 11 is 1.48. The molecule has 0 radical (unpaired) electrons. The molecule has 1 aliphatic rings. The first-order valence-electron chi connectivity index (χ1n) is 10.5. The fraction of sp³-hybridized carbons (Fsp3) is 0.619. The highest BCUT2D eigenvalue weighted by Crippen LogP contribution is 2.16. The Labute approximate surface area is 171 Å². The number of nitrogens with one attached hydrogen (secondary N) is 1. The van der Waals surface area contributed by atoms with Crippen molar-refractivity contribution in [1.29, 1.82) is 0 Å². The van der Waals surface area contributed by atoms with Crippen molar-refractivity contribution >= 4 is 27.5 Å². The van der Waals surface area contributed by atoms with Crippen LogP contribution in [-0.2, 0) is 11.3 Å². The van der Waals surface area contributed by atoms with E-state index in [4.69, 9.17) is 0 Å². The van der Waals surface area contributed by atoms with E-state index in [-0.39, 0.29) is 11.5 Å². The molecule has 1 fully saturated rings. The molecule has 1 aromatic carbocycles. The molecule has 0 atom stereocenters. The third kappa shape index (κ3) is 5.90. The third-order valence-electron chi connectivity index (χ3n) is 5.30. The number of nitrogens with zero attached hydrogens (tertiary/aromatic N) is 3. The lowest BCUT2D eigenvalue weighted by molar-refractivity contribution is -0.121. The van der Waals surface area contributed by atoms with Crippen molar-refractivity contribution < 1.29 is 4.79 Å². The van der Waals surface area contributed by atoms with E-state index in [1.807, 2.05) is 24.3 Å². The van der Waals surface area contributed by atoms with E-state index in [0.717, 1.165) is 55.8 Å². The Morgan fingerprint density at radius 1 is 1.04 bits per heavy atom. The van der Waals surface area contributed by atoms with E-state index in [0.29, 0.717) is 19.4 Å². The zero-order valence-electron chi connectivity index (χ0n) is 16.9. The molecule has 0 bridgehead atoms. The molecule has 0 saturated carbocycles. The minimum Gasteiger partial charge on any atom is -0.356 e. The molecule has 7 heteroatoms. The van der Waals surface area contributed by atoms with Gasteiger partial charge in [0.05, 0.1) is 10.1 Å². The number of hydrogen-bond donors (Lipinski definition) is 1. The highest BCUT2D eigenvalue weighted by Gasteiger charge is 2.15. The van der Waals surface area contributed by atoms with Crippen LogP contribution in [0.15, 0.2) is 29.1 Å². The number of aryl methyl sites for hydroxylation is 1. The van der Waals surface area contributed by atoms with Crippen molar-refractivity contribution in [2.75, 3.05) is 45.8 Å². The van der Waals surface area contributed by atoms with Gasteiger partial charge in [-0.2, -0.15) is 0 Å². The summed E-state index contributed by atoms with van der Waals surface area (Å²) in [6.45, 7) is 10.4. The normalized spacial score (nSPS) is 15.9. The van der Waals surface area contributed by atoms with Gasteiger partial charge in [0.25, 0.3) is 5.56 Å². The van der Waals surface area contributed by atoms with Gasteiger partial charge in [0, 0.05) is 45.7 Å². The van der Waals surface area contributed by atoms with E-state index < -0.39 is 0 Å². The summed E-state index contributed by atoms with van der Waals surface area (Å²) in [5, 5.41) is 3.79. The molecule has 28 heavy (non-hydrogen) atoms. The number of hydrogen-bond acceptors (Lipinski definition) is 5. The summed E-state index contributed by atoms with van der Waals surface area (Å²) < 4.78 is 2.77. The zero-order chi connectivity index (χ0) is 19.8. The quantitative estimate of drug-likeness (QED) is 0.618.